The number of aromatic carboxylic acids is 1. The van der Waals surface area contributed by atoms with Gasteiger partial charge in [-0.1, -0.05) is 48.5 Å². The zero-order valence-corrected chi connectivity index (χ0v) is 17.3. The Balaban J connectivity index is 1.70. The highest BCUT2D eigenvalue weighted by atomic mass is 16.7. The third-order valence-electron chi connectivity index (χ3n) is 5.33. The van der Waals surface area contributed by atoms with Gasteiger partial charge in [-0.25, -0.2) is 4.79 Å². The van der Waals surface area contributed by atoms with E-state index in [2.05, 4.69) is 0 Å². The topological polar surface area (TPSA) is 82.8 Å². The van der Waals surface area contributed by atoms with E-state index in [-0.39, 0.29) is 19.0 Å². The number of rotatable bonds is 6. The van der Waals surface area contributed by atoms with Crippen LogP contribution in [0, 0.1) is 0 Å². The number of hydrogen-bond acceptors (Lipinski definition) is 5. The molecule has 1 aliphatic heterocycles. The molecule has 0 saturated heterocycles. The van der Waals surface area contributed by atoms with Gasteiger partial charge in [-0.2, -0.15) is 5.10 Å². The van der Waals surface area contributed by atoms with Crippen molar-refractivity contribution in [1.82, 2.24) is 9.78 Å². The van der Waals surface area contributed by atoms with Crippen LogP contribution in [0.2, 0.25) is 0 Å². The number of carboxylic acid groups (broad SMARTS) is 1. The number of carboxylic acids is 1. The van der Waals surface area contributed by atoms with E-state index in [0.717, 1.165) is 11.1 Å². The summed E-state index contributed by atoms with van der Waals surface area (Å²) in [5.74, 6) is 0.857. The van der Waals surface area contributed by atoms with Crippen LogP contribution in [-0.2, 0) is 6.54 Å². The number of carbonyl (C=O) groups is 1. The van der Waals surface area contributed by atoms with E-state index < -0.39 is 5.97 Å². The molecule has 2 heterocycles. The van der Waals surface area contributed by atoms with Gasteiger partial charge in [0, 0.05) is 11.1 Å². The van der Waals surface area contributed by atoms with Gasteiger partial charge in [-0.3, -0.25) is 4.68 Å². The third kappa shape index (κ3) is 3.54. The van der Waals surface area contributed by atoms with E-state index in [9.17, 15) is 9.90 Å². The van der Waals surface area contributed by atoms with Crippen molar-refractivity contribution in [3.63, 3.8) is 0 Å². The van der Waals surface area contributed by atoms with Crippen LogP contribution in [0.3, 0.4) is 0 Å². The predicted molar refractivity (Wildman–Crippen MR) is 118 cm³/mol. The molecule has 160 valence electrons. The Labute approximate surface area is 184 Å². The Hall–Kier alpha value is -4.26. The van der Waals surface area contributed by atoms with Crippen molar-refractivity contribution in [3.8, 4) is 39.6 Å². The molecular formula is C25H20N2O5. The molecule has 4 aromatic rings. The summed E-state index contributed by atoms with van der Waals surface area (Å²) in [6.45, 7) is 0.425. The summed E-state index contributed by atoms with van der Waals surface area (Å²) in [6, 6.07) is 22.5. The minimum absolute atomic E-state index is 0.102. The van der Waals surface area contributed by atoms with E-state index >= 15 is 0 Å². The minimum Gasteiger partial charge on any atom is -0.497 e. The zero-order valence-electron chi connectivity index (χ0n) is 17.3. The molecule has 0 atom stereocenters. The lowest BCUT2D eigenvalue weighted by atomic mass is 9.98. The first-order valence-corrected chi connectivity index (χ1v) is 10.1. The minimum atomic E-state index is -1.06. The summed E-state index contributed by atoms with van der Waals surface area (Å²) in [5, 5.41) is 14.9. The van der Waals surface area contributed by atoms with Gasteiger partial charge < -0.3 is 19.3 Å². The van der Waals surface area contributed by atoms with Crippen molar-refractivity contribution < 1.29 is 24.1 Å². The molecule has 0 spiro atoms. The Bertz CT molecular complexity index is 1300. The SMILES string of the molecule is COc1cccc(Cn2nc(-c3ccccc3)c(-c3ccc4c(c3)OCO4)c2C(=O)O)c1. The largest absolute Gasteiger partial charge is 0.497 e. The molecule has 0 fully saturated rings. The first-order valence-electron chi connectivity index (χ1n) is 10.1. The molecule has 32 heavy (non-hydrogen) atoms. The number of hydrogen-bond donors (Lipinski definition) is 1. The van der Waals surface area contributed by atoms with Crippen molar-refractivity contribution in [1.29, 1.82) is 0 Å². The van der Waals surface area contributed by atoms with Gasteiger partial charge in [-0.05, 0) is 35.4 Å². The standard InChI is InChI=1S/C25H20N2O5/c1-30-19-9-5-6-16(12-19)14-27-24(25(28)29)22(23(26-27)17-7-3-2-4-8-17)18-10-11-20-21(13-18)32-15-31-20/h2-13H,14-15H2,1H3,(H,28,29). The van der Waals surface area contributed by atoms with Gasteiger partial charge in [0.2, 0.25) is 6.79 Å². The first kappa shape index (κ1) is 19.7. The van der Waals surface area contributed by atoms with Crippen LogP contribution in [0.1, 0.15) is 16.1 Å². The maximum atomic E-state index is 12.5. The second kappa shape index (κ2) is 8.11. The van der Waals surface area contributed by atoms with E-state index in [1.54, 1.807) is 19.2 Å². The van der Waals surface area contributed by atoms with Crippen LogP contribution in [-0.4, -0.2) is 34.8 Å². The lowest BCUT2D eigenvalue weighted by Gasteiger charge is -2.08. The summed E-state index contributed by atoms with van der Waals surface area (Å²) in [4.78, 5) is 12.5. The van der Waals surface area contributed by atoms with E-state index in [1.165, 1.54) is 4.68 Å². The van der Waals surface area contributed by atoms with Crippen LogP contribution in [0.15, 0.2) is 72.8 Å². The normalized spacial score (nSPS) is 12.0. The Morgan fingerprint density at radius 2 is 1.81 bits per heavy atom. The van der Waals surface area contributed by atoms with E-state index in [0.29, 0.717) is 34.1 Å². The summed E-state index contributed by atoms with van der Waals surface area (Å²) in [5.41, 5.74) is 3.63. The third-order valence-corrected chi connectivity index (χ3v) is 5.33. The smallest absolute Gasteiger partial charge is 0.354 e. The molecular weight excluding hydrogens is 408 g/mol. The van der Waals surface area contributed by atoms with Crippen LogP contribution in [0.25, 0.3) is 22.4 Å². The maximum absolute atomic E-state index is 12.5. The summed E-state index contributed by atoms with van der Waals surface area (Å²) < 4.78 is 17.8. The molecule has 1 aromatic heterocycles. The highest BCUT2D eigenvalue weighted by Gasteiger charge is 2.27. The van der Waals surface area contributed by atoms with Crippen LogP contribution < -0.4 is 14.2 Å². The molecule has 7 nitrogen and oxygen atoms in total. The van der Waals surface area contributed by atoms with Gasteiger partial charge in [0.05, 0.1) is 13.7 Å². The van der Waals surface area contributed by atoms with Crippen LogP contribution in [0.5, 0.6) is 17.2 Å². The average molecular weight is 428 g/mol. The second-order valence-corrected chi connectivity index (χ2v) is 7.32. The van der Waals surface area contributed by atoms with Crippen molar-refractivity contribution in [2.75, 3.05) is 13.9 Å². The lowest BCUT2D eigenvalue weighted by Crippen LogP contribution is -2.12. The molecule has 0 unspecified atom stereocenters. The van der Waals surface area contributed by atoms with E-state index in [4.69, 9.17) is 19.3 Å². The lowest BCUT2D eigenvalue weighted by molar-refractivity contribution is 0.0685. The van der Waals surface area contributed by atoms with Crippen LogP contribution >= 0.6 is 0 Å². The maximum Gasteiger partial charge on any atom is 0.354 e. The van der Waals surface area contributed by atoms with Gasteiger partial charge in [0.1, 0.15) is 11.4 Å². The molecule has 3 aromatic carbocycles. The molecule has 0 saturated carbocycles. The molecule has 1 N–H and O–H groups in total. The number of aromatic nitrogens is 2. The molecule has 5 rings (SSSR count). The fourth-order valence-electron chi connectivity index (χ4n) is 3.86. The molecule has 7 heteroatoms. The number of benzene rings is 3. The number of ether oxygens (including phenoxy) is 3. The molecule has 0 aliphatic carbocycles. The Morgan fingerprint density at radius 3 is 2.59 bits per heavy atom. The van der Waals surface area contributed by atoms with Gasteiger partial charge >= 0.3 is 5.97 Å². The summed E-state index contributed by atoms with van der Waals surface area (Å²) in [6.07, 6.45) is 0. The molecule has 0 bridgehead atoms. The Kier molecular flexibility index (Phi) is 4.99. The summed E-state index contributed by atoms with van der Waals surface area (Å²) in [7, 11) is 1.60. The monoisotopic (exact) mass is 428 g/mol. The number of fused-ring (bicyclic) bond motifs is 1. The fraction of sp³-hybridized carbons (Fsp3) is 0.120. The van der Waals surface area contributed by atoms with Crippen LogP contribution in [0.4, 0.5) is 0 Å². The molecule has 0 radical (unpaired) electrons. The van der Waals surface area contributed by atoms with Gasteiger partial charge in [0.25, 0.3) is 0 Å². The van der Waals surface area contributed by atoms with Crippen molar-refractivity contribution in [2.24, 2.45) is 0 Å². The van der Waals surface area contributed by atoms with Crippen molar-refractivity contribution in [2.45, 2.75) is 6.54 Å². The first-order chi connectivity index (χ1) is 15.6. The van der Waals surface area contributed by atoms with Crippen molar-refractivity contribution >= 4 is 5.97 Å². The predicted octanol–water partition coefficient (Wildman–Crippen LogP) is 4.70. The Morgan fingerprint density at radius 1 is 1.00 bits per heavy atom. The fourth-order valence-corrected chi connectivity index (χ4v) is 3.86. The number of nitrogens with zero attached hydrogens (tertiary/aromatic N) is 2. The highest BCUT2D eigenvalue weighted by Crippen LogP contribution is 2.40. The molecule has 1 aliphatic rings. The highest BCUT2D eigenvalue weighted by molar-refractivity contribution is 5.99. The second-order valence-electron chi connectivity index (χ2n) is 7.32. The van der Waals surface area contributed by atoms with Gasteiger partial charge in [0.15, 0.2) is 17.2 Å². The quantitative estimate of drug-likeness (QED) is 0.479. The van der Waals surface area contributed by atoms with Gasteiger partial charge in [-0.15, -0.1) is 0 Å². The van der Waals surface area contributed by atoms with E-state index in [1.807, 2.05) is 60.7 Å². The summed E-state index contributed by atoms with van der Waals surface area (Å²) >= 11 is 0. The average Bonchev–Trinajstić information content (AvgIpc) is 3.44. The van der Waals surface area contributed by atoms with Crippen molar-refractivity contribution in [3.05, 3.63) is 84.1 Å². The number of methoxy groups -OCH3 is 1. The molecule has 0 amide bonds. The zero-order chi connectivity index (χ0) is 22.1.